The maximum Gasteiger partial charge on any atom is 0.326 e. The highest BCUT2D eigenvalue weighted by atomic mass is 19.1. The van der Waals surface area contributed by atoms with Gasteiger partial charge in [-0.3, -0.25) is 4.79 Å². The zero-order chi connectivity index (χ0) is 25.7. The van der Waals surface area contributed by atoms with Crippen LogP contribution >= 0.6 is 0 Å². The van der Waals surface area contributed by atoms with E-state index < -0.39 is 23.7 Å². The molecule has 2 heterocycles. The van der Waals surface area contributed by atoms with Gasteiger partial charge in [-0.05, 0) is 54.3 Å². The van der Waals surface area contributed by atoms with Gasteiger partial charge in [0.2, 0.25) is 0 Å². The minimum Gasteiger partial charge on any atom is -0.480 e. The third-order valence-corrected chi connectivity index (χ3v) is 5.71. The van der Waals surface area contributed by atoms with Crippen LogP contribution in [-0.2, 0) is 24.2 Å². The lowest BCUT2D eigenvalue weighted by Crippen LogP contribution is -2.42. The zero-order valence-corrected chi connectivity index (χ0v) is 19.8. The van der Waals surface area contributed by atoms with Crippen LogP contribution in [0.15, 0.2) is 55.0 Å². The summed E-state index contributed by atoms with van der Waals surface area (Å²) < 4.78 is 15.4. The maximum absolute atomic E-state index is 13.7. The predicted octanol–water partition coefficient (Wildman–Crippen LogP) is 3.04. The lowest BCUT2D eigenvalue weighted by Gasteiger charge is -2.17. The van der Waals surface area contributed by atoms with Crippen LogP contribution < -0.4 is 10.6 Å². The molecule has 186 valence electrons. The van der Waals surface area contributed by atoms with E-state index in [1.165, 1.54) is 12.1 Å². The number of halogens is 1. The Morgan fingerprint density at radius 2 is 2.00 bits per heavy atom. The van der Waals surface area contributed by atoms with Crippen LogP contribution in [0.2, 0.25) is 0 Å². The average molecular weight is 492 g/mol. The van der Waals surface area contributed by atoms with Crippen LogP contribution in [0.1, 0.15) is 39.7 Å². The van der Waals surface area contributed by atoms with Crippen LogP contribution in [0, 0.1) is 12.7 Å². The van der Waals surface area contributed by atoms with E-state index in [2.05, 4.69) is 30.9 Å². The average Bonchev–Trinajstić information content (AvgIpc) is 3.54. The number of rotatable bonds is 10. The van der Waals surface area contributed by atoms with Crippen molar-refractivity contribution in [2.45, 2.75) is 39.3 Å². The number of carboxylic acid groups (broad SMARTS) is 1. The third-order valence-electron chi connectivity index (χ3n) is 5.71. The van der Waals surface area contributed by atoms with Gasteiger partial charge in [-0.2, -0.15) is 0 Å². The highest BCUT2D eigenvalue weighted by molar-refractivity contribution is 5.99. The molecule has 11 heteroatoms. The molecule has 0 saturated carbocycles. The Bertz CT molecular complexity index is 1350. The molecule has 0 aliphatic rings. The largest absolute Gasteiger partial charge is 0.480 e. The fourth-order valence-electron chi connectivity index (χ4n) is 3.91. The van der Waals surface area contributed by atoms with Gasteiger partial charge in [0.05, 0.1) is 18.4 Å². The van der Waals surface area contributed by atoms with Crippen molar-refractivity contribution in [1.82, 2.24) is 30.3 Å². The summed E-state index contributed by atoms with van der Waals surface area (Å²) in [6, 6.07) is 8.58. The highest BCUT2D eigenvalue weighted by Gasteiger charge is 2.24. The number of aryl methyl sites for hydroxylation is 2. The number of amides is 1. The number of aromatic amines is 1. The minimum atomic E-state index is -1.16. The fourth-order valence-corrected chi connectivity index (χ4v) is 3.91. The molecule has 4 N–H and O–H groups in total. The molecule has 4 rings (SSSR count). The molecule has 36 heavy (non-hydrogen) atoms. The second-order valence-corrected chi connectivity index (χ2v) is 8.29. The Morgan fingerprint density at radius 1 is 1.22 bits per heavy atom. The first kappa shape index (κ1) is 24.6. The van der Waals surface area contributed by atoms with Gasteiger partial charge in [-0.15, -0.1) is 5.10 Å². The van der Waals surface area contributed by atoms with Gasteiger partial charge in [0.25, 0.3) is 5.91 Å². The van der Waals surface area contributed by atoms with Gasteiger partial charge in [0.1, 0.15) is 17.6 Å². The molecule has 0 aliphatic heterocycles. The summed E-state index contributed by atoms with van der Waals surface area (Å²) >= 11 is 0. The van der Waals surface area contributed by atoms with Gasteiger partial charge in [-0.25, -0.2) is 18.9 Å². The maximum atomic E-state index is 13.7. The van der Waals surface area contributed by atoms with Crippen LogP contribution in [-0.4, -0.2) is 48.0 Å². The quantitative estimate of drug-likeness (QED) is 0.268. The van der Waals surface area contributed by atoms with E-state index in [0.29, 0.717) is 41.3 Å². The molecule has 0 radical (unpaired) electrons. The van der Waals surface area contributed by atoms with E-state index in [1.807, 2.05) is 6.92 Å². The van der Waals surface area contributed by atoms with Crippen molar-refractivity contribution >= 4 is 17.8 Å². The lowest BCUT2D eigenvalue weighted by molar-refractivity contribution is -0.139. The van der Waals surface area contributed by atoms with Crippen molar-refractivity contribution in [3.63, 3.8) is 0 Å². The van der Waals surface area contributed by atoms with Gasteiger partial charge in [0.15, 0.2) is 5.95 Å². The number of aliphatic carboxylic acids is 1. The third kappa shape index (κ3) is 5.74. The molecule has 10 nitrogen and oxygen atoms in total. The number of carboxylic acids is 1. The number of anilines is 1. The van der Waals surface area contributed by atoms with Gasteiger partial charge < -0.3 is 20.7 Å². The predicted molar refractivity (Wildman–Crippen MR) is 130 cm³/mol. The van der Waals surface area contributed by atoms with Crippen molar-refractivity contribution in [2.75, 3.05) is 5.32 Å². The van der Waals surface area contributed by atoms with Crippen LogP contribution in [0.25, 0.3) is 5.69 Å². The Kier molecular flexibility index (Phi) is 7.38. The van der Waals surface area contributed by atoms with E-state index in [-0.39, 0.29) is 6.42 Å². The number of nitrogens with zero attached hydrogens (tertiary/aromatic N) is 4. The van der Waals surface area contributed by atoms with Crippen molar-refractivity contribution in [2.24, 2.45) is 0 Å². The second kappa shape index (κ2) is 10.8. The first-order valence-corrected chi connectivity index (χ1v) is 11.4. The molecule has 0 saturated heterocycles. The Labute approximate surface area is 206 Å². The summed E-state index contributed by atoms with van der Waals surface area (Å²) in [6.07, 6.45) is 5.67. The number of H-pyrrole nitrogens is 1. The topological polar surface area (TPSA) is 138 Å². The smallest absolute Gasteiger partial charge is 0.326 e. The molecule has 0 fully saturated rings. The zero-order valence-electron chi connectivity index (χ0n) is 19.8. The van der Waals surface area contributed by atoms with Crippen molar-refractivity contribution in [3.8, 4) is 5.69 Å². The Balaban J connectivity index is 1.42. The summed E-state index contributed by atoms with van der Waals surface area (Å²) in [6.45, 7) is 3.89. The molecular weight excluding hydrogens is 465 g/mol. The molecule has 1 atom stereocenters. The molecule has 0 bridgehead atoms. The van der Waals surface area contributed by atoms with Crippen LogP contribution in [0.3, 0.4) is 0 Å². The van der Waals surface area contributed by atoms with Gasteiger partial charge in [-0.1, -0.05) is 24.3 Å². The van der Waals surface area contributed by atoms with Crippen molar-refractivity contribution in [1.29, 1.82) is 0 Å². The summed E-state index contributed by atoms with van der Waals surface area (Å²) in [4.78, 5) is 31.8. The van der Waals surface area contributed by atoms with E-state index in [0.717, 1.165) is 11.3 Å². The Morgan fingerprint density at radius 3 is 2.67 bits per heavy atom. The Hall–Kier alpha value is -4.54. The summed E-state index contributed by atoms with van der Waals surface area (Å²) in [5, 5.41) is 23.7. The summed E-state index contributed by atoms with van der Waals surface area (Å²) in [5.41, 5.74) is 3.49. The number of aromatic nitrogens is 5. The minimum absolute atomic E-state index is 0.0821. The van der Waals surface area contributed by atoms with Crippen LogP contribution in [0.4, 0.5) is 10.3 Å². The molecular formula is C25H26FN7O3. The standard InChI is InChI=1S/C25H26FN7O3/c1-3-17-12-18(26)10-15(2)22(17)23(34)30-21(24(35)36)11-16-4-6-20(7-5-16)33-14-19(31-32-33)13-29-25-27-8-9-28-25/h4-10,12,14,21H,3,11,13H2,1-2H3,(H,30,34)(H,35,36)(H2,27,28,29). The number of hydrogen-bond acceptors (Lipinski definition) is 6. The number of carbonyl (C=O) groups excluding carboxylic acids is 1. The van der Waals surface area contributed by atoms with E-state index in [9.17, 15) is 19.1 Å². The first-order chi connectivity index (χ1) is 17.3. The second-order valence-electron chi connectivity index (χ2n) is 8.29. The first-order valence-electron chi connectivity index (χ1n) is 11.4. The molecule has 1 amide bonds. The molecule has 4 aromatic rings. The van der Waals surface area contributed by atoms with E-state index in [1.54, 1.807) is 54.5 Å². The van der Waals surface area contributed by atoms with Gasteiger partial charge >= 0.3 is 5.97 Å². The van der Waals surface area contributed by atoms with E-state index in [4.69, 9.17) is 0 Å². The van der Waals surface area contributed by atoms with E-state index >= 15 is 0 Å². The number of carbonyl (C=O) groups is 2. The number of imidazole rings is 1. The normalized spacial score (nSPS) is 11.8. The van der Waals surface area contributed by atoms with Gasteiger partial charge in [0, 0.05) is 24.4 Å². The lowest BCUT2D eigenvalue weighted by atomic mass is 9.98. The van der Waals surface area contributed by atoms with Crippen molar-refractivity contribution in [3.05, 3.63) is 88.8 Å². The molecule has 1 unspecified atom stereocenters. The highest BCUT2D eigenvalue weighted by Crippen LogP contribution is 2.18. The number of hydrogen-bond donors (Lipinski definition) is 4. The molecule has 0 aliphatic carbocycles. The summed E-state index contributed by atoms with van der Waals surface area (Å²) in [7, 11) is 0. The number of nitrogens with one attached hydrogen (secondary N) is 3. The molecule has 0 spiro atoms. The number of benzene rings is 2. The summed E-state index contributed by atoms with van der Waals surface area (Å²) in [5.74, 6) is -1.49. The molecule has 2 aromatic heterocycles. The van der Waals surface area contributed by atoms with Crippen molar-refractivity contribution < 1.29 is 19.1 Å². The fraction of sp³-hybridized carbons (Fsp3) is 0.240. The SMILES string of the molecule is CCc1cc(F)cc(C)c1C(=O)NC(Cc1ccc(-n2cc(CNc3ncc[nH]3)nn2)cc1)C(=O)O. The van der Waals surface area contributed by atoms with Crippen LogP contribution in [0.5, 0.6) is 0 Å². The monoisotopic (exact) mass is 491 g/mol. The molecule has 2 aromatic carbocycles.